The van der Waals surface area contributed by atoms with Crippen LogP contribution in [0.2, 0.25) is 0 Å². The molecule has 38 heavy (non-hydrogen) atoms. The molecule has 0 saturated carbocycles. The Balaban J connectivity index is 1.39. The van der Waals surface area contributed by atoms with Gasteiger partial charge >= 0.3 is 0 Å². The van der Waals surface area contributed by atoms with Crippen LogP contribution in [0, 0.1) is 16.0 Å². The fourth-order valence-electron chi connectivity index (χ4n) is 3.60. The number of benzene rings is 2. The number of carbonyl (C=O) groups excluding carboxylic acids is 2. The summed E-state index contributed by atoms with van der Waals surface area (Å²) in [7, 11) is 1.76. The Hall–Kier alpha value is -4.10. The predicted molar refractivity (Wildman–Crippen MR) is 146 cm³/mol. The smallest absolute Gasteiger partial charge is 0.270 e. The van der Waals surface area contributed by atoms with Crippen molar-refractivity contribution in [1.82, 2.24) is 25.1 Å². The lowest BCUT2D eigenvalue weighted by atomic mass is 10.0. The molecule has 13 heteroatoms. The minimum absolute atomic E-state index is 0.0505. The summed E-state index contributed by atoms with van der Waals surface area (Å²) in [5, 5.41) is 28.1. The number of nitro benzene ring substituents is 1. The number of nitrogens with zero attached hydrogens (tertiary/aromatic N) is 5. The van der Waals surface area contributed by atoms with Gasteiger partial charge in [-0.3, -0.25) is 19.7 Å². The van der Waals surface area contributed by atoms with E-state index < -0.39 is 16.9 Å². The summed E-state index contributed by atoms with van der Waals surface area (Å²) < 4.78 is 1.73. The third-order valence-electron chi connectivity index (χ3n) is 5.57. The van der Waals surface area contributed by atoms with Crippen molar-refractivity contribution in [3.8, 4) is 11.3 Å². The summed E-state index contributed by atoms with van der Waals surface area (Å²) in [6.45, 7) is 3.84. The molecule has 2 N–H and O–H groups in total. The van der Waals surface area contributed by atoms with Gasteiger partial charge in [0.25, 0.3) is 11.6 Å². The van der Waals surface area contributed by atoms with Crippen molar-refractivity contribution in [2.75, 3.05) is 11.1 Å². The van der Waals surface area contributed by atoms with Crippen LogP contribution in [0.3, 0.4) is 0 Å². The molecule has 0 unspecified atom stereocenters. The number of amides is 2. The molecule has 4 rings (SSSR count). The van der Waals surface area contributed by atoms with E-state index in [0.717, 1.165) is 11.3 Å². The average molecular weight is 552 g/mol. The Labute approximate surface area is 226 Å². The maximum absolute atomic E-state index is 12.9. The third-order valence-corrected chi connectivity index (χ3v) is 7.35. The van der Waals surface area contributed by atoms with Gasteiger partial charge < -0.3 is 15.2 Å². The lowest BCUT2D eigenvalue weighted by Crippen LogP contribution is -2.33. The quantitative estimate of drug-likeness (QED) is 0.164. The molecule has 11 nitrogen and oxygen atoms in total. The number of nitro groups is 1. The molecule has 4 aromatic rings. The molecule has 2 aromatic heterocycles. The summed E-state index contributed by atoms with van der Waals surface area (Å²) in [6.07, 6.45) is 0. The second-order valence-electron chi connectivity index (χ2n) is 8.64. The van der Waals surface area contributed by atoms with E-state index in [0.29, 0.717) is 16.1 Å². The normalized spacial score (nSPS) is 11.8. The topological polar surface area (TPSA) is 145 Å². The van der Waals surface area contributed by atoms with Crippen LogP contribution in [0.5, 0.6) is 0 Å². The van der Waals surface area contributed by atoms with E-state index in [2.05, 4.69) is 25.8 Å². The van der Waals surface area contributed by atoms with E-state index in [-0.39, 0.29) is 28.8 Å². The first kappa shape index (κ1) is 26.9. The highest BCUT2D eigenvalue weighted by Crippen LogP contribution is 2.27. The second kappa shape index (κ2) is 12.0. The maximum Gasteiger partial charge on any atom is 0.270 e. The first-order chi connectivity index (χ1) is 18.2. The molecule has 0 bridgehead atoms. The number of aromatic nitrogens is 4. The molecule has 0 fully saturated rings. The summed E-state index contributed by atoms with van der Waals surface area (Å²) >= 11 is 2.57. The molecule has 0 spiro atoms. The van der Waals surface area contributed by atoms with Crippen LogP contribution in [0.4, 0.5) is 10.8 Å². The van der Waals surface area contributed by atoms with E-state index in [4.69, 9.17) is 0 Å². The van der Waals surface area contributed by atoms with Crippen LogP contribution in [0.25, 0.3) is 11.3 Å². The number of hydrogen-bond donors (Lipinski definition) is 2. The van der Waals surface area contributed by atoms with Gasteiger partial charge in [0.15, 0.2) is 16.1 Å². The van der Waals surface area contributed by atoms with Gasteiger partial charge in [-0.15, -0.1) is 21.5 Å². The fraction of sp³-hybridized carbons (Fsp3) is 0.240. The van der Waals surface area contributed by atoms with Gasteiger partial charge in [0, 0.05) is 35.7 Å². The van der Waals surface area contributed by atoms with Crippen LogP contribution in [-0.4, -0.2) is 42.2 Å². The second-order valence-corrected chi connectivity index (χ2v) is 10.4. The van der Waals surface area contributed by atoms with Crippen molar-refractivity contribution in [2.24, 2.45) is 13.0 Å². The summed E-state index contributed by atoms with van der Waals surface area (Å²) in [5.41, 5.74) is 1.78. The number of carbonyl (C=O) groups is 2. The fourth-order valence-corrected chi connectivity index (χ4v) is 5.05. The number of rotatable bonds is 10. The van der Waals surface area contributed by atoms with E-state index in [1.165, 1.54) is 47.4 Å². The average Bonchev–Trinajstić information content (AvgIpc) is 3.52. The number of anilines is 1. The zero-order valence-electron chi connectivity index (χ0n) is 20.8. The standard InChI is InChI=1S/C25H25N7O4S2/c1-15(2)21(28-23(34)17-10-7-11-18(12-17)32(35)36)22-29-30-25(31(22)3)38-14-20(33)27-24-26-19(13-37-24)16-8-5-4-6-9-16/h4-13,15,21H,14H2,1-3H3,(H,28,34)(H,26,27,33)/t21-/m1/s1. The Kier molecular flexibility index (Phi) is 8.48. The van der Waals surface area contributed by atoms with Gasteiger partial charge in [-0.05, 0) is 12.0 Å². The van der Waals surface area contributed by atoms with Crippen molar-refractivity contribution in [3.63, 3.8) is 0 Å². The van der Waals surface area contributed by atoms with Crippen molar-refractivity contribution >= 4 is 45.7 Å². The number of hydrogen-bond acceptors (Lipinski definition) is 9. The first-order valence-corrected chi connectivity index (χ1v) is 13.5. The van der Waals surface area contributed by atoms with E-state index in [9.17, 15) is 19.7 Å². The van der Waals surface area contributed by atoms with Crippen LogP contribution in [0.1, 0.15) is 36.1 Å². The van der Waals surface area contributed by atoms with Crippen molar-refractivity contribution < 1.29 is 14.5 Å². The molecule has 2 amide bonds. The molecule has 0 aliphatic rings. The van der Waals surface area contributed by atoms with Crippen LogP contribution in [-0.2, 0) is 11.8 Å². The Morgan fingerprint density at radius 3 is 2.61 bits per heavy atom. The van der Waals surface area contributed by atoms with Crippen molar-refractivity contribution in [2.45, 2.75) is 25.0 Å². The SMILES string of the molecule is CC(C)[C@@H](NC(=O)c1cccc([N+](=O)[O-])c1)c1nnc(SCC(=O)Nc2nc(-c3ccccc3)cs2)n1C. The highest BCUT2D eigenvalue weighted by Gasteiger charge is 2.26. The Morgan fingerprint density at radius 1 is 1.13 bits per heavy atom. The van der Waals surface area contributed by atoms with Gasteiger partial charge in [0.1, 0.15) is 0 Å². The Bertz CT molecular complexity index is 1450. The Morgan fingerprint density at radius 2 is 1.89 bits per heavy atom. The highest BCUT2D eigenvalue weighted by molar-refractivity contribution is 7.99. The van der Waals surface area contributed by atoms with Gasteiger partial charge in [-0.1, -0.05) is 62.0 Å². The molecular weight excluding hydrogens is 526 g/mol. The largest absolute Gasteiger partial charge is 0.342 e. The molecular formula is C25H25N7O4S2. The zero-order valence-corrected chi connectivity index (χ0v) is 22.5. The summed E-state index contributed by atoms with van der Waals surface area (Å²) in [6, 6.07) is 14.7. The van der Waals surface area contributed by atoms with E-state index in [1.807, 2.05) is 49.6 Å². The van der Waals surface area contributed by atoms with Gasteiger partial charge in [-0.2, -0.15) is 0 Å². The molecule has 2 aromatic carbocycles. The summed E-state index contributed by atoms with van der Waals surface area (Å²) in [4.78, 5) is 40.4. The summed E-state index contributed by atoms with van der Waals surface area (Å²) in [5.74, 6) is -0.131. The van der Waals surface area contributed by atoms with Crippen molar-refractivity contribution in [3.05, 3.63) is 81.5 Å². The predicted octanol–water partition coefficient (Wildman–Crippen LogP) is 4.70. The number of non-ortho nitro benzene ring substituents is 1. The first-order valence-electron chi connectivity index (χ1n) is 11.6. The zero-order chi connectivity index (χ0) is 27.2. The highest BCUT2D eigenvalue weighted by atomic mass is 32.2. The minimum atomic E-state index is -0.546. The van der Waals surface area contributed by atoms with Gasteiger partial charge in [0.05, 0.1) is 22.4 Å². The minimum Gasteiger partial charge on any atom is -0.342 e. The number of thiazole rings is 1. The van der Waals surface area contributed by atoms with E-state index in [1.54, 1.807) is 11.6 Å². The van der Waals surface area contributed by atoms with Gasteiger partial charge in [0.2, 0.25) is 5.91 Å². The molecule has 196 valence electrons. The maximum atomic E-state index is 12.9. The van der Waals surface area contributed by atoms with Gasteiger partial charge in [-0.25, -0.2) is 4.98 Å². The molecule has 0 aliphatic heterocycles. The molecule has 0 radical (unpaired) electrons. The van der Waals surface area contributed by atoms with Crippen LogP contribution in [0.15, 0.2) is 65.1 Å². The van der Waals surface area contributed by atoms with Crippen LogP contribution >= 0.6 is 23.1 Å². The number of nitrogens with one attached hydrogen (secondary N) is 2. The lowest BCUT2D eigenvalue weighted by Gasteiger charge is -2.21. The van der Waals surface area contributed by atoms with Crippen LogP contribution < -0.4 is 10.6 Å². The molecule has 0 saturated heterocycles. The third kappa shape index (κ3) is 6.42. The van der Waals surface area contributed by atoms with E-state index >= 15 is 0 Å². The monoisotopic (exact) mass is 551 g/mol. The van der Waals surface area contributed by atoms with Crippen molar-refractivity contribution in [1.29, 1.82) is 0 Å². The molecule has 0 aliphatic carbocycles. The molecule has 1 atom stereocenters. The molecule has 2 heterocycles. The lowest BCUT2D eigenvalue weighted by molar-refractivity contribution is -0.384. The number of thioether (sulfide) groups is 1.